The lowest BCUT2D eigenvalue weighted by molar-refractivity contribution is -0.213. The summed E-state index contributed by atoms with van der Waals surface area (Å²) in [4.78, 5) is 12.2. The average molecular weight is 302 g/mol. The van der Waals surface area contributed by atoms with Crippen LogP contribution in [0.1, 0.15) is 18.9 Å². The summed E-state index contributed by atoms with van der Waals surface area (Å²) in [5.41, 5.74) is -1.62. The van der Waals surface area contributed by atoms with Crippen LogP contribution in [0.25, 0.3) is 0 Å². The largest absolute Gasteiger partial charge is 0.506 e. The summed E-state index contributed by atoms with van der Waals surface area (Å²) in [6, 6.07) is 4.50. The van der Waals surface area contributed by atoms with Crippen LogP contribution in [-0.2, 0) is 11.2 Å². The fourth-order valence-corrected chi connectivity index (χ4v) is 2.40. The van der Waals surface area contributed by atoms with Gasteiger partial charge in [0, 0.05) is 6.54 Å². The van der Waals surface area contributed by atoms with Crippen LogP contribution >= 0.6 is 0 Å². The molecule has 4 nitrogen and oxygen atoms in total. The molecule has 116 valence electrons. The number of anilines is 1. The summed E-state index contributed by atoms with van der Waals surface area (Å²) in [6.45, 7) is 1.56. The topological polar surface area (TPSA) is 61.4 Å². The predicted octanol–water partition coefficient (Wildman–Crippen LogP) is 2.44. The van der Waals surface area contributed by atoms with Crippen LogP contribution in [0.15, 0.2) is 18.2 Å². The van der Waals surface area contributed by atoms with Gasteiger partial charge < -0.3 is 15.7 Å². The van der Waals surface area contributed by atoms with Crippen molar-refractivity contribution in [3.05, 3.63) is 23.8 Å². The third kappa shape index (κ3) is 2.83. The Morgan fingerprint density at radius 2 is 2.19 bits per heavy atom. The van der Waals surface area contributed by atoms with Crippen molar-refractivity contribution >= 4 is 11.6 Å². The van der Waals surface area contributed by atoms with E-state index < -0.39 is 24.0 Å². The summed E-state index contributed by atoms with van der Waals surface area (Å²) in [5.74, 6) is -1.38. The zero-order chi connectivity index (χ0) is 15.7. The van der Waals surface area contributed by atoms with Crippen molar-refractivity contribution in [3.63, 3.8) is 0 Å². The maximum atomic E-state index is 13.3. The van der Waals surface area contributed by atoms with Crippen LogP contribution in [0.5, 0.6) is 5.75 Å². The third-order valence-corrected chi connectivity index (χ3v) is 3.85. The number of aryl methyl sites for hydroxylation is 1. The first kappa shape index (κ1) is 15.6. The fraction of sp³-hybridized carbons (Fsp3) is 0.500. The molecule has 1 heterocycles. The molecule has 0 aliphatic carbocycles. The standard InChI is InChI=1S/C14H17F3N2O2/c1-2-9-3-4-11(20)10(7-9)19-12(21)13(14(15,16)17)5-6-18-8-13/h3-4,7,18,20H,2,5-6,8H2,1H3,(H,19,21). The number of aromatic hydroxyl groups is 1. The Morgan fingerprint density at radius 3 is 2.71 bits per heavy atom. The van der Waals surface area contributed by atoms with Crippen LogP contribution in [0.4, 0.5) is 18.9 Å². The van der Waals surface area contributed by atoms with Gasteiger partial charge in [-0.3, -0.25) is 4.79 Å². The number of carbonyl (C=O) groups excluding carboxylic acids is 1. The predicted molar refractivity (Wildman–Crippen MR) is 72.1 cm³/mol. The number of phenolic OH excluding ortho intramolecular Hbond substituents is 1. The highest BCUT2D eigenvalue weighted by molar-refractivity contribution is 5.97. The van der Waals surface area contributed by atoms with Crippen molar-refractivity contribution in [2.45, 2.75) is 25.9 Å². The normalized spacial score (nSPS) is 22.3. The molecular weight excluding hydrogens is 285 g/mol. The molecule has 1 fully saturated rings. The molecule has 1 unspecified atom stereocenters. The van der Waals surface area contributed by atoms with Gasteiger partial charge in [-0.25, -0.2) is 0 Å². The summed E-state index contributed by atoms with van der Waals surface area (Å²) >= 11 is 0. The van der Waals surface area contributed by atoms with Crippen LogP contribution < -0.4 is 10.6 Å². The van der Waals surface area contributed by atoms with Gasteiger partial charge in [0.2, 0.25) is 5.91 Å². The average Bonchev–Trinajstić information content (AvgIpc) is 2.91. The number of phenols is 1. The zero-order valence-electron chi connectivity index (χ0n) is 11.5. The van der Waals surface area contributed by atoms with Crippen molar-refractivity contribution < 1.29 is 23.1 Å². The molecule has 2 rings (SSSR count). The van der Waals surface area contributed by atoms with Gasteiger partial charge in [-0.1, -0.05) is 13.0 Å². The first-order valence-electron chi connectivity index (χ1n) is 6.71. The minimum absolute atomic E-state index is 0.00914. The third-order valence-electron chi connectivity index (χ3n) is 3.85. The summed E-state index contributed by atoms with van der Waals surface area (Å²) in [5, 5.41) is 14.5. The summed E-state index contributed by atoms with van der Waals surface area (Å²) in [7, 11) is 0. The highest BCUT2D eigenvalue weighted by atomic mass is 19.4. The lowest BCUT2D eigenvalue weighted by Crippen LogP contribution is -2.49. The van der Waals surface area contributed by atoms with Crippen LogP contribution in [0, 0.1) is 5.41 Å². The lowest BCUT2D eigenvalue weighted by Gasteiger charge is -2.29. The molecule has 0 aromatic heterocycles. The van der Waals surface area contributed by atoms with Crippen LogP contribution in [0.3, 0.4) is 0 Å². The number of hydrogen-bond acceptors (Lipinski definition) is 3. The van der Waals surface area contributed by atoms with E-state index in [-0.39, 0.29) is 24.4 Å². The molecule has 1 aromatic carbocycles. The van der Waals surface area contributed by atoms with E-state index in [1.54, 1.807) is 6.07 Å². The second-order valence-corrected chi connectivity index (χ2v) is 5.17. The van der Waals surface area contributed by atoms with E-state index in [0.29, 0.717) is 6.42 Å². The summed E-state index contributed by atoms with van der Waals surface area (Å²) < 4.78 is 39.8. The Bertz CT molecular complexity index is 538. The first-order valence-corrected chi connectivity index (χ1v) is 6.71. The van der Waals surface area contributed by atoms with E-state index in [1.165, 1.54) is 12.1 Å². The second-order valence-electron chi connectivity index (χ2n) is 5.17. The molecule has 1 saturated heterocycles. The van der Waals surface area contributed by atoms with Crippen molar-refractivity contribution in [1.29, 1.82) is 0 Å². The van der Waals surface area contributed by atoms with Gasteiger partial charge in [-0.2, -0.15) is 13.2 Å². The Labute approximate surface area is 120 Å². The smallest absolute Gasteiger partial charge is 0.404 e. The number of hydrogen-bond donors (Lipinski definition) is 3. The maximum Gasteiger partial charge on any atom is 0.404 e. The van der Waals surface area contributed by atoms with Gasteiger partial charge in [0.25, 0.3) is 0 Å². The number of nitrogens with one attached hydrogen (secondary N) is 2. The van der Waals surface area contributed by atoms with Crippen LogP contribution in [0.2, 0.25) is 0 Å². The van der Waals surface area contributed by atoms with Crippen LogP contribution in [-0.4, -0.2) is 30.3 Å². The molecule has 21 heavy (non-hydrogen) atoms. The van der Waals surface area contributed by atoms with E-state index in [9.17, 15) is 23.1 Å². The monoisotopic (exact) mass is 302 g/mol. The number of alkyl halides is 3. The second kappa shape index (κ2) is 5.55. The number of rotatable bonds is 3. The van der Waals surface area contributed by atoms with E-state index in [0.717, 1.165) is 5.56 Å². The van der Waals surface area contributed by atoms with Gasteiger partial charge in [-0.05, 0) is 37.1 Å². The zero-order valence-corrected chi connectivity index (χ0v) is 11.5. The summed E-state index contributed by atoms with van der Waals surface area (Å²) in [6.07, 6.45) is -4.30. The van der Waals surface area contributed by atoms with Crippen molar-refractivity contribution in [3.8, 4) is 5.75 Å². The highest BCUT2D eigenvalue weighted by Crippen LogP contribution is 2.44. The van der Waals surface area contributed by atoms with E-state index in [2.05, 4.69) is 10.6 Å². The number of halogens is 3. The Morgan fingerprint density at radius 1 is 1.48 bits per heavy atom. The number of benzene rings is 1. The molecule has 0 bridgehead atoms. The number of amides is 1. The Kier molecular flexibility index (Phi) is 4.13. The minimum atomic E-state index is -4.64. The van der Waals surface area contributed by atoms with Crippen molar-refractivity contribution in [2.75, 3.05) is 18.4 Å². The SMILES string of the molecule is CCc1ccc(O)c(NC(=O)C2(C(F)(F)F)CCNC2)c1. The Hall–Kier alpha value is -1.76. The highest BCUT2D eigenvalue weighted by Gasteiger charge is 2.61. The minimum Gasteiger partial charge on any atom is -0.506 e. The maximum absolute atomic E-state index is 13.3. The fourth-order valence-electron chi connectivity index (χ4n) is 2.40. The van der Waals surface area contributed by atoms with Gasteiger partial charge in [0.1, 0.15) is 5.75 Å². The molecule has 1 atom stereocenters. The van der Waals surface area contributed by atoms with E-state index in [1.807, 2.05) is 6.92 Å². The molecule has 0 saturated carbocycles. The van der Waals surface area contributed by atoms with Gasteiger partial charge in [-0.15, -0.1) is 0 Å². The van der Waals surface area contributed by atoms with E-state index >= 15 is 0 Å². The number of carbonyl (C=O) groups is 1. The Balaban J connectivity index is 2.28. The molecule has 1 amide bonds. The van der Waals surface area contributed by atoms with E-state index in [4.69, 9.17) is 0 Å². The van der Waals surface area contributed by atoms with Gasteiger partial charge >= 0.3 is 6.18 Å². The molecule has 1 aromatic rings. The van der Waals surface area contributed by atoms with Gasteiger partial charge in [0.05, 0.1) is 5.69 Å². The van der Waals surface area contributed by atoms with Crippen molar-refractivity contribution in [2.24, 2.45) is 5.41 Å². The molecule has 1 aliphatic heterocycles. The quantitative estimate of drug-likeness (QED) is 0.752. The van der Waals surface area contributed by atoms with Gasteiger partial charge in [0.15, 0.2) is 5.41 Å². The lowest BCUT2D eigenvalue weighted by atomic mass is 9.85. The van der Waals surface area contributed by atoms with Crippen molar-refractivity contribution in [1.82, 2.24) is 5.32 Å². The molecule has 0 radical (unpaired) electrons. The molecule has 1 aliphatic rings. The molecule has 7 heteroatoms. The molecule has 3 N–H and O–H groups in total. The first-order chi connectivity index (χ1) is 9.80. The molecular formula is C14H17F3N2O2. The molecule has 0 spiro atoms.